The van der Waals surface area contributed by atoms with Gasteiger partial charge in [-0.05, 0) is 25.0 Å². The van der Waals surface area contributed by atoms with Crippen molar-refractivity contribution in [3.63, 3.8) is 0 Å². The topological polar surface area (TPSA) is 87.2 Å². The van der Waals surface area contributed by atoms with Gasteiger partial charge in [0, 0.05) is 25.7 Å². The van der Waals surface area contributed by atoms with Crippen LogP contribution < -0.4 is 4.74 Å². The third-order valence-electron chi connectivity index (χ3n) is 4.82. The van der Waals surface area contributed by atoms with Gasteiger partial charge in [0.2, 0.25) is 5.91 Å². The smallest absolute Gasteiger partial charge is 0.306 e. The summed E-state index contributed by atoms with van der Waals surface area (Å²) in [6.45, 7) is 0.974. The van der Waals surface area contributed by atoms with Crippen LogP contribution in [0.4, 0.5) is 0 Å². The van der Waals surface area contributed by atoms with Crippen LogP contribution in [0.25, 0.3) is 6.08 Å². The lowest BCUT2D eigenvalue weighted by atomic mass is 9.97. The summed E-state index contributed by atoms with van der Waals surface area (Å²) in [6.07, 6.45) is 2.70. The maximum atomic E-state index is 12.6. The highest BCUT2D eigenvalue weighted by Gasteiger charge is 2.28. The number of para-hydroxylation sites is 1. The number of nitrogens with zero attached hydrogens (tertiary/aromatic N) is 2. The number of aliphatic carboxylic acids is 1. The number of piperidine rings is 1. The molecule has 7 nitrogen and oxygen atoms in total. The van der Waals surface area contributed by atoms with Crippen LogP contribution in [0, 0.1) is 5.92 Å². The molecule has 7 heteroatoms. The van der Waals surface area contributed by atoms with Crippen LogP contribution in [0.2, 0.25) is 0 Å². The predicted molar refractivity (Wildman–Crippen MR) is 94.5 cm³/mol. The molecule has 0 atom stereocenters. The van der Waals surface area contributed by atoms with E-state index >= 15 is 0 Å². The molecule has 1 saturated heterocycles. The molecular formula is C19H22N2O5. The van der Waals surface area contributed by atoms with Crippen molar-refractivity contribution in [2.45, 2.75) is 12.8 Å². The first-order valence-electron chi connectivity index (χ1n) is 8.64. The first-order chi connectivity index (χ1) is 12.5. The second-order valence-electron chi connectivity index (χ2n) is 6.65. The molecule has 2 aliphatic rings. The molecule has 2 amide bonds. The second kappa shape index (κ2) is 7.59. The molecule has 0 bridgehead atoms. The minimum Gasteiger partial charge on any atom is -0.488 e. The lowest BCUT2D eigenvalue weighted by Crippen LogP contribution is -2.46. The average Bonchev–Trinajstić information content (AvgIpc) is 2.67. The van der Waals surface area contributed by atoms with Crippen LogP contribution in [0.3, 0.4) is 0 Å². The van der Waals surface area contributed by atoms with Gasteiger partial charge < -0.3 is 19.6 Å². The standard InChI is InChI=1S/C19H22N2O5/c1-20(11-17(22)21-8-6-13(7-9-21)19(24)25)18(23)15-10-14-4-2-3-5-16(14)26-12-15/h2-5,10,13H,6-9,11-12H2,1H3,(H,24,25). The summed E-state index contributed by atoms with van der Waals surface area (Å²) in [5, 5.41) is 9.02. The summed E-state index contributed by atoms with van der Waals surface area (Å²) >= 11 is 0. The fourth-order valence-electron chi connectivity index (χ4n) is 3.24. The zero-order valence-electron chi connectivity index (χ0n) is 14.7. The van der Waals surface area contributed by atoms with E-state index in [-0.39, 0.29) is 30.9 Å². The Morgan fingerprint density at radius 3 is 2.62 bits per heavy atom. The lowest BCUT2D eigenvalue weighted by molar-refractivity contribution is -0.146. The SMILES string of the molecule is CN(CC(=O)N1CCC(C(=O)O)CC1)C(=O)C1=Cc2ccccc2OC1. The molecule has 1 fully saturated rings. The zero-order valence-corrected chi connectivity index (χ0v) is 14.7. The number of carbonyl (C=O) groups excluding carboxylic acids is 2. The highest BCUT2D eigenvalue weighted by molar-refractivity contribution is 6.00. The van der Waals surface area contributed by atoms with Crippen LogP contribution in [0.15, 0.2) is 29.8 Å². The fourth-order valence-corrected chi connectivity index (χ4v) is 3.24. The van der Waals surface area contributed by atoms with Crippen LogP contribution in [-0.2, 0) is 14.4 Å². The number of likely N-dealkylation sites (N-methyl/N-ethyl adjacent to an activating group) is 1. The van der Waals surface area contributed by atoms with E-state index in [4.69, 9.17) is 9.84 Å². The Balaban J connectivity index is 1.57. The largest absolute Gasteiger partial charge is 0.488 e. The maximum Gasteiger partial charge on any atom is 0.306 e. The molecule has 2 heterocycles. The van der Waals surface area contributed by atoms with Crippen molar-refractivity contribution in [3.8, 4) is 5.75 Å². The van der Waals surface area contributed by atoms with Crippen molar-refractivity contribution >= 4 is 23.9 Å². The van der Waals surface area contributed by atoms with Crippen LogP contribution in [0.5, 0.6) is 5.75 Å². The Kier molecular flexibility index (Phi) is 5.25. The Hall–Kier alpha value is -2.83. The molecule has 26 heavy (non-hydrogen) atoms. The van der Waals surface area contributed by atoms with Crippen molar-refractivity contribution in [3.05, 3.63) is 35.4 Å². The number of likely N-dealkylation sites (tertiary alicyclic amines) is 1. The van der Waals surface area contributed by atoms with Gasteiger partial charge in [-0.3, -0.25) is 14.4 Å². The van der Waals surface area contributed by atoms with Gasteiger partial charge in [0.25, 0.3) is 5.91 Å². The summed E-state index contributed by atoms with van der Waals surface area (Å²) in [5.74, 6) is -0.864. The number of carboxylic acid groups (broad SMARTS) is 1. The number of rotatable bonds is 4. The Labute approximate surface area is 151 Å². The Morgan fingerprint density at radius 1 is 1.23 bits per heavy atom. The number of hydrogen-bond donors (Lipinski definition) is 1. The highest BCUT2D eigenvalue weighted by Crippen LogP contribution is 2.26. The van der Waals surface area contributed by atoms with Gasteiger partial charge in [0.05, 0.1) is 18.0 Å². The second-order valence-corrected chi connectivity index (χ2v) is 6.65. The van der Waals surface area contributed by atoms with Gasteiger partial charge in [-0.15, -0.1) is 0 Å². The molecule has 0 radical (unpaired) electrons. The van der Waals surface area contributed by atoms with Crippen molar-refractivity contribution in [1.82, 2.24) is 9.80 Å². The van der Waals surface area contributed by atoms with Gasteiger partial charge >= 0.3 is 5.97 Å². The van der Waals surface area contributed by atoms with E-state index in [0.717, 1.165) is 11.3 Å². The Bertz CT molecular complexity index is 750. The molecule has 0 aliphatic carbocycles. The third kappa shape index (κ3) is 3.87. The van der Waals surface area contributed by atoms with E-state index in [1.54, 1.807) is 18.0 Å². The van der Waals surface area contributed by atoms with E-state index in [9.17, 15) is 14.4 Å². The molecule has 0 unspecified atom stereocenters. The summed E-state index contributed by atoms with van der Waals surface area (Å²) < 4.78 is 5.60. The van der Waals surface area contributed by atoms with E-state index in [0.29, 0.717) is 31.5 Å². The molecule has 1 aromatic carbocycles. The number of hydrogen-bond acceptors (Lipinski definition) is 4. The van der Waals surface area contributed by atoms with E-state index in [1.165, 1.54) is 4.90 Å². The minimum atomic E-state index is -0.811. The Morgan fingerprint density at radius 2 is 1.92 bits per heavy atom. The zero-order chi connectivity index (χ0) is 18.7. The maximum absolute atomic E-state index is 12.6. The number of amides is 2. The van der Waals surface area contributed by atoms with Gasteiger partial charge in [0.15, 0.2) is 0 Å². The van der Waals surface area contributed by atoms with Crippen molar-refractivity contribution in [2.24, 2.45) is 5.92 Å². The van der Waals surface area contributed by atoms with Gasteiger partial charge in [-0.1, -0.05) is 18.2 Å². The molecule has 3 rings (SSSR count). The fraction of sp³-hybridized carbons (Fsp3) is 0.421. The molecule has 1 N–H and O–H groups in total. The average molecular weight is 358 g/mol. The van der Waals surface area contributed by atoms with Crippen LogP contribution in [-0.4, -0.2) is 66.0 Å². The van der Waals surface area contributed by atoms with Crippen molar-refractivity contribution in [2.75, 3.05) is 33.3 Å². The van der Waals surface area contributed by atoms with Gasteiger partial charge in [-0.25, -0.2) is 0 Å². The molecule has 0 spiro atoms. The molecule has 1 aromatic rings. The summed E-state index contributed by atoms with van der Waals surface area (Å²) in [7, 11) is 1.59. The third-order valence-corrected chi connectivity index (χ3v) is 4.82. The molecule has 0 saturated carbocycles. The van der Waals surface area contributed by atoms with E-state index < -0.39 is 5.97 Å². The molecule has 2 aliphatic heterocycles. The number of benzene rings is 1. The molecule has 138 valence electrons. The van der Waals surface area contributed by atoms with E-state index in [2.05, 4.69) is 0 Å². The molecule has 0 aromatic heterocycles. The van der Waals surface area contributed by atoms with Crippen LogP contribution >= 0.6 is 0 Å². The van der Waals surface area contributed by atoms with Crippen molar-refractivity contribution < 1.29 is 24.2 Å². The summed E-state index contributed by atoms with van der Waals surface area (Å²) in [6, 6.07) is 7.47. The van der Waals surface area contributed by atoms with E-state index in [1.807, 2.05) is 24.3 Å². The van der Waals surface area contributed by atoms with Crippen molar-refractivity contribution in [1.29, 1.82) is 0 Å². The van der Waals surface area contributed by atoms with Crippen LogP contribution in [0.1, 0.15) is 18.4 Å². The number of carboxylic acids is 1. The summed E-state index contributed by atoms with van der Waals surface area (Å²) in [4.78, 5) is 39.0. The monoisotopic (exact) mass is 358 g/mol. The normalized spacial score (nSPS) is 17.0. The number of carbonyl (C=O) groups is 3. The predicted octanol–water partition coefficient (Wildman–Crippen LogP) is 1.24. The first-order valence-corrected chi connectivity index (χ1v) is 8.64. The highest BCUT2D eigenvalue weighted by atomic mass is 16.5. The van der Waals surface area contributed by atoms with Gasteiger partial charge in [0.1, 0.15) is 12.4 Å². The summed E-state index contributed by atoms with van der Waals surface area (Å²) in [5.41, 5.74) is 1.35. The first kappa shape index (κ1) is 18.0. The lowest BCUT2D eigenvalue weighted by Gasteiger charge is -2.31. The number of ether oxygens (including phenoxy) is 1. The molecular weight excluding hydrogens is 336 g/mol. The number of fused-ring (bicyclic) bond motifs is 1. The minimum absolute atomic E-state index is 0.0322. The quantitative estimate of drug-likeness (QED) is 0.875. The van der Waals surface area contributed by atoms with Gasteiger partial charge in [-0.2, -0.15) is 0 Å².